The van der Waals surface area contributed by atoms with Gasteiger partial charge >= 0.3 is 0 Å². The molecule has 0 aromatic rings. The molecule has 1 saturated heterocycles. The standard InChI is InChI=1S/C14H27NO.C2H6/c1-11(2)12-3-5-13(6-4-12)16-14-7-9-15-10-8-14;1-2/h11-15H,3-10H2,1-2H3;1-2H3. The summed E-state index contributed by atoms with van der Waals surface area (Å²) in [4.78, 5) is 0. The third-order valence-electron chi connectivity index (χ3n) is 4.33. The molecule has 1 heterocycles. The molecule has 1 aliphatic heterocycles. The second-order valence-corrected chi connectivity index (χ2v) is 5.87. The van der Waals surface area contributed by atoms with Crippen molar-refractivity contribution in [2.45, 2.75) is 78.4 Å². The van der Waals surface area contributed by atoms with Crippen molar-refractivity contribution in [3.05, 3.63) is 0 Å². The van der Waals surface area contributed by atoms with Crippen LogP contribution >= 0.6 is 0 Å². The van der Waals surface area contributed by atoms with Gasteiger partial charge in [-0.3, -0.25) is 0 Å². The number of hydrogen-bond donors (Lipinski definition) is 1. The second kappa shape index (κ2) is 8.92. The summed E-state index contributed by atoms with van der Waals surface area (Å²) < 4.78 is 6.22. The molecule has 108 valence electrons. The molecular weight excluding hydrogens is 222 g/mol. The molecule has 1 N–H and O–H groups in total. The quantitative estimate of drug-likeness (QED) is 0.823. The fourth-order valence-corrected chi connectivity index (χ4v) is 3.10. The minimum atomic E-state index is 0.543. The Morgan fingerprint density at radius 1 is 0.833 bits per heavy atom. The molecule has 1 aliphatic carbocycles. The van der Waals surface area contributed by atoms with Gasteiger partial charge in [-0.2, -0.15) is 0 Å². The first-order valence-electron chi connectivity index (χ1n) is 8.12. The fourth-order valence-electron chi connectivity index (χ4n) is 3.10. The van der Waals surface area contributed by atoms with Crippen LogP contribution in [0.5, 0.6) is 0 Å². The first-order chi connectivity index (χ1) is 8.75. The van der Waals surface area contributed by atoms with Crippen molar-refractivity contribution < 1.29 is 4.74 Å². The van der Waals surface area contributed by atoms with E-state index in [1.54, 1.807) is 0 Å². The van der Waals surface area contributed by atoms with Crippen LogP contribution in [0.2, 0.25) is 0 Å². The Morgan fingerprint density at radius 3 is 1.83 bits per heavy atom. The highest BCUT2D eigenvalue weighted by molar-refractivity contribution is 4.77. The summed E-state index contributed by atoms with van der Waals surface area (Å²) >= 11 is 0. The zero-order chi connectivity index (χ0) is 13.4. The van der Waals surface area contributed by atoms with E-state index >= 15 is 0 Å². The summed E-state index contributed by atoms with van der Waals surface area (Å²) in [5.74, 6) is 1.81. The van der Waals surface area contributed by atoms with Gasteiger partial charge in [0.15, 0.2) is 0 Å². The Morgan fingerprint density at radius 2 is 1.33 bits per heavy atom. The largest absolute Gasteiger partial charge is 0.375 e. The van der Waals surface area contributed by atoms with Gasteiger partial charge in [-0.1, -0.05) is 27.7 Å². The first kappa shape index (κ1) is 16.0. The van der Waals surface area contributed by atoms with Crippen LogP contribution in [0.15, 0.2) is 0 Å². The molecule has 2 heteroatoms. The lowest BCUT2D eigenvalue weighted by Crippen LogP contribution is -2.36. The minimum absolute atomic E-state index is 0.543. The third kappa shape index (κ3) is 5.27. The van der Waals surface area contributed by atoms with E-state index in [2.05, 4.69) is 19.2 Å². The van der Waals surface area contributed by atoms with E-state index in [0.717, 1.165) is 24.9 Å². The van der Waals surface area contributed by atoms with Crippen molar-refractivity contribution >= 4 is 0 Å². The van der Waals surface area contributed by atoms with E-state index in [1.807, 2.05) is 13.8 Å². The Kier molecular flexibility index (Phi) is 7.92. The molecule has 0 aromatic carbocycles. The van der Waals surface area contributed by atoms with Gasteiger partial charge in [0, 0.05) is 0 Å². The molecule has 0 unspecified atom stereocenters. The van der Waals surface area contributed by atoms with E-state index in [1.165, 1.54) is 38.5 Å². The zero-order valence-corrected chi connectivity index (χ0v) is 12.9. The minimum Gasteiger partial charge on any atom is -0.375 e. The van der Waals surface area contributed by atoms with E-state index in [4.69, 9.17) is 4.74 Å². The van der Waals surface area contributed by atoms with Gasteiger partial charge < -0.3 is 10.1 Å². The average Bonchev–Trinajstić information content (AvgIpc) is 2.43. The molecule has 0 spiro atoms. The van der Waals surface area contributed by atoms with E-state index < -0.39 is 0 Å². The summed E-state index contributed by atoms with van der Waals surface area (Å²) in [5, 5.41) is 3.39. The zero-order valence-electron chi connectivity index (χ0n) is 12.9. The predicted molar refractivity (Wildman–Crippen MR) is 78.9 cm³/mol. The van der Waals surface area contributed by atoms with Crippen molar-refractivity contribution in [1.29, 1.82) is 0 Å². The van der Waals surface area contributed by atoms with Crippen LogP contribution < -0.4 is 5.32 Å². The SMILES string of the molecule is CC.CC(C)C1CCC(OC2CCNCC2)CC1. The molecule has 0 aromatic heterocycles. The van der Waals surface area contributed by atoms with Crippen LogP contribution in [0.1, 0.15) is 66.2 Å². The number of nitrogens with one attached hydrogen (secondary N) is 1. The molecule has 2 nitrogen and oxygen atoms in total. The lowest BCUT2D eigenvalue weighted by molar-refractivity contribution is -0.0505. The topological polar surface area (TPSA) is 21.3 Å². The lowest BCUT2D eigenvalue weighted by atomic mass is 9.80. The highest BCUT2D eigenvalue weighted by Gasteiger charge is 2.26. The third-order valence-corrected chi connectivity index (χ3v) is 4.33. The normalized spacial score (nSPS) is 29.8. The van der Waals surface area contributed by atoms with Crippen LogP contribution in [0.3, 0.4) is 0 Å². The average molecular weight is 255 g/mol. The van der Waals surface area contributed by atoms with Crippen molar-refractivity contribution in [2.24, 2.45) is 11.8 Å². The summed E-state index contributed by atoms with van der Waals surface area (Å²) in [6.45, 7) is 11.0. The van der Waals surface area contributed by atoms with Gasteiger partial charge in [-0.25, -0.2) is 0 Å². The molecule has 2 fully saturated rings. The van der Waals surface area contributed by atoms with Gasteiger partial charge in [0.1, 0.15) is 0 Å². The molecule has 2 rings (SSSR count). The number of ether oxygens (including phenoxy) is 1. The molecule has 1 saturated carbocycles. The van der Waals surface area contributed by atoms with Crippen LogP contribution in [0.25, 0.3) is 0 Å². The summed E-state index contributed by atoms with van der Waals surface area (Å²) in [6, 6.07) is 0. The van der Waals surface area contributed by atoms with E-state index in [0.29, 0.717) is 12.2 Å². The molecule has 0 atom stereocenters. The molecule has 0 bridgehead atoms. The molecule has 2 aliphatic rings. The first-order valence-corrected chi connectivity index (χ1v) is 8.12. The van der Waals surface area contributed by atoms with Crippen LogP contribution in [-0.2, 0) is 4.74 Å². The van der Waals surface area contributed by atoms with Gasteiger partial charge in [0.05, 0.1) is 12.2 Å². The van der Waals surface area contributed by atoms with Gasteiger partial charge in [0.2, 0.25) is 0 Å². The van der Waals surface area contributed by atoms with Crippen LogP contribution in [0.4, 0.5) is 0 Å². The van der Waals surface area contributed by atoms with Gasteiger partial charge in [-0.05, 0) is 63.5 Å². The molecule has 0 radical (unpaired) electrons. The summed E-state index contributed by atoms with van der Waals surface area (Å²) in [7, 11) is 0. The van der Waals surface area contributed by atoms with Crippen molar-refractivity contribution in [3.8, 4) is 0 Å². The van der Waals surface area contributed by atoms with Gasteiger partial charge in [0.25, 0.3) is 0 Å². The summed E-state index contributed by atoms with van der Waals surface area (Å²) in [5.41, 5.74) is 0. The monoisotopic (exact) mass is 255 g/mol. The van der Waals surface area contributed by atoms with Crippen molar-refractivity contribution in [1.82, 2.24) is 5.32 Å². The molecule has 18 heavy (non-hydrogen) atoms. The maximum absolute atomic E-state index is 6.22. The highest BCUT2D eigenvalue weighted by atomic mass is 16.5. The smallest absolute Gasteiger partial charge is 0.0603 e. The van der Waals surface area contributed by atoms with E-state index in [-0.39, 0.29) is 0 Å². The summed E-state index contributed by atoms with van der Waals surface area (Å²) in [6.07, 6.45) is 8.90. The molecular formula is C16H33NO. The van der Waals surface area contributed by atoms with Crippen LogP contribution in [-0.4, -0.2) is 25.3 Å². The van der Waals surface area contributed by atoms with Gasteiger partial charge in [-0.15, -0.1) is 0 Å². The Balaban J connectivity index is 0.000000771. The van der Waals surface area contributed by atoms with Crippen molar-refractivity contribution in [3.63, 3.8) is 0 Å². The Bertz CT molecular complexity index is 191. The predicted octanol–water partition coefficient (Wildman–Crippen LogP) is 4.00. The second-order valence-electron chi connectivity index (χ2n) is 5.87. The number of hydrogen-bond acceptors (Lipinski definition) is 2. The number of piperidine rings is 1. The lowest BCUT2D eigenvalue weighted by Gasteiger charge is -2.34. The maximum Gasteiger partial charge on any atom is 0.0603 e. The Labute approximate surface area is 114 Å². The maximum atomic E-state index is 6.22. The van der Waals surface area contributed by atoms with Crippen molar-refractivity contribution in [2.75, 3.05) is 13.1 Å². The van der Waals surface area contributed by atoms with E-state index in [9.17, 15) is 0 Å². The Hall–Kier alpha value is -0.0800. The number of rotatable bonds is 3. The fraction of sp³-hybridized carbons (Fsp3) is 1.00. The van der Waals surface area contributed by atoms with Crippen LogP contribution in [0, 0.1) is 11.8 Å². The highest BCUT2D eigenvalue weighted by Crippen LogP contribution is 2.32. The molecule has 0 amide bonds.